The fourth-order valence-corrected chi connectivity index (χ4v) is 1.23. The Morgan fingerprint density at radius 2 is 2.06 bits per heavy atom. The van der Waals surface area contributed by atoms with Gasteiger partial charge in [-0.15, -0.1) is 0 Å². The monoisotopic (exact) mass is 220 g/mol. The van der Waals surface area contributed by atoms with Crippen LogP contribution in [-0.2, 0) is 9.53 Å². The fraction of sp³-hybridized carbons (Fsp3) is 0.167. The first-order valence-electron chi connectivity index (χ1n) is 4.64. The van der Waals surface area contributed by atoms with E-state index in [2.05, 4.69) is 4.74 Å². The average Bonchev–Trinajstić information content (AvgIpc) is 2.26. The second kappa shape index (κ2) is 5.11. The van der Waals surface area contributed by atoms with Crippen molar-refractivity contribution in [2.24, 2.45) is 0 Å². The molecule has 0 aromatic heterocycles. The van der Waals surface area contributed by atoms with Crippen molar-refractivity contribution in [2.75, 3.05) is 7.11 Å². The van der Waals surface area contributed by atoms with E-state index in [1.54, 1.807) is 25.1 Å². The normalized spacial score (nSPS) is 10.4. The molecule has 0 fully saturated rings. The number of ether oxygens (including phenoxy) is 1. The Bertz CT molecular complexity index is 446. The molecule has 84 valence electrons. The number of esters is 1. The molecule has 0 amide bonds. The summed E-state index contributed by atoms with van der Waals surface area (Å²) in [7, 11) is 1.26. The minimum absolute atomic E-state index is 0.167. The molecule has 16 heavy (non-hydrogen) atoms. The summed E-state index contributed by atoms with van der Waals surface area (Å²) in [5, 5.41) is 8.96. The maximum atomic E-state index is 10.9. The summed E-state index contributed by atoms with van der Waals surface area (Å²) >= 11 is 0. The van der Waals surface area contributed by atoms with Crippen molar-refractivity contribution in [1.82, 2.24) is 0 Å². The molecular weight excluding hydrogens is 208 g/mol. The first-order valence-corrected chi connectivity index (χ1v) is 4.64. The van der Waals surface area contributed by atoms with E-state index in [0.717, 1.165) is 5.56 Å². The zero-order chi connectivity index (χ0) is 12.1. The first kappa shape index (κ1) is 12.0. The molecule has 0 spiro atoms. The van der Waals surface area contributed by atoms with Crippen LogP contribution in [0, 0.1) is 6.92 Å². The van der Waals surface area contributed by atoms with Gasteiger partial charge in [0.2, 0.25) is 0 Å². The first-order chi connectivity index (χ1) is 7.54. The van der Waals surface area contributed by atoms with Gasteiger partial charge >= 0.3 is 11.9 Å². The number of carboxylic acids is 1. The van der Waals surface area contributed by atoms with Crippen LogP contribution in [0.5, 0.6) is 0 Å². The lowest BCUT2D eigenvalue weighted by atomic mass is 10.0. The number of benzene rings is 1. The molecule has 1 rings (SSSR count). The van der Waals surface area contributed by atoms with Crippen LogP contribution in [0.4, 0.5) is 0 Å². The third-order valence-electron chi connectivity index (χ3n) is 2.04. The summed E-state index contributed by atoms with van der Waals surface area (Å²) in [6, 6.07) is 4.99. The highest BCUT2D eigenvalue weighted by atomic mass is 16.5. The third kappa shape index (κ3) is 2.95. The lowest BCUT2D eigenvalue weighted by molar-refractivity contribution is -0.134. The van der Waals surface area contributed by atoms with Crippen LogP contribution in [0.15, 0.2) is 24.3 Å². The molecule has 0 saturated carbocycles. The Labute approximate surface area is 93.2 Å². The minimum Gasteiger partial charge on any atom is -0.478 e. The van der Waals surface area contributed by atoms with Gasteiger partial charge in [0, 0.05) is 6.08 Å². The molecule has 0 aliphatic carbocycles. The van der Waals surface area contributed by atoms with E-state index in [1.807, 2.05) is 0 Å². The van der Waals surface area contributed by atoms with Gasteiger partial charge in [-0.3, -0.25) is 0 Å². The number of aryl methyl sites for hydroxylation is 1. The quantitative estimate of drug-likeness (QED) is 0.624. The molecule has 0 atom stereocenters. The molecule has 1 aromatic carbocycles. The Kier molecular flexibility index (Phi) is 3.83. The number of rotatable bonds is 3. The molecular formula is C12H12O4. The molecule has 4 nitrogen and oxygen atoms in total. The number of carbonyl (C=O) groups is 2. The van der Waals surface area contributed by atoms with E-state index in [4.69, 9.17) is 5.11 Å². The van der Waals surface area contributed by atoms with E-state index in [-0.39, 0.29) is 5.56 Å². The Morgan fingerprint density at radius 1 is 1.38 bits per heavy atom. The van der Waals surface area contributed by atoms with Crippen LogP contribution in [0.3, 0.4) is 0 Å². The van der Waals surface area contributed by atoms with Crippen molar-refractivity contribution in [2.45, 2.75) is 6.92 Å². The largest absolute Gasteiger partial charge is 0.478 e. The van der Waals surface area contributed by atoms with Crippen LogP contribution >= 0.6 is 0 Å². The number of methoxy groups -OCH3 is 1. The van der Waals surface area contributed by atoms with Crippen molar-refractivity contribution >= 4 is 18.0 Å². The van der Waals surface area contributed by atoms with Crippen LogP contribution in [0.1, 0.15) is 21.5 Å². The third-order valence-corrected chi connectivity index (χ3v) is 2.04. The average molecular weight is 220 g/mol. The molecule has 0 unspecified atom stereocenters. The van der Waals surface area contributed by atoms with Gasteiger partial charge in [-0.1, -0.05) is 17.7 Å². The Balaban J connectivity index is 3.09. The van der Waals surface area contributed by atoms with Gasteiger partial charge in [0.05, 0.1) is 12.7 Å². The zero-order valence-electron chi connectivity index (χ0n) is 9.06. The lowest BCUT2D eigenvalue weighted by Crippen LogP contribution is -2.00. The van der Waals surface area contributed by atoms with Crippen LogP contribution in [0.25, 0.3) is 6.08 Å². The van der Waals surface area contributed by atoms with E-state index >= 15 is 0 Å². The van der Waals surface area contributed by atoms with Crippen LogP contribution < -0.4 is 0 Å². The highest BCUT2D eigenvalue weighted by Crippen LogP contribution is 2.13. The predicted molar refractivity (Wildman–Crippen MR) is 59.2 cm³/mol. The zero-order valence-corrected chi connectivity index (χ0v) is 9.06. The van der Waals surface area contributed by atoms with E-state index in [0.29, 0.717) is 5.56 Å². The minimum atomic E-state index is -1.02. The molecule has 0 aliphatic rings. The molecule has 0 heterocycles. The molecule has 0 aliphatic heterocycles. The lowest BCUT2D eigenvalue weighted by Gasteiger charge is -2.02. The summed E-state index contributed by atoms with van der Waals surface area (Å²) in [5.74, 6) is -1.54. The number of carbonyl (C=O) groups excluding carboxylic acids is 1. The maximum absolute atomic E-state index is 10.9. The second-order valence-corrected chi connectivity index (χ2v) is 3.25. The van der Waals surface area contributed by atoms with Crippen molar-refractivity contribution in [1.29, 1.82) is 0 Å². The number of hydrogen-bond acceptors (Lipinski definition) is 3. The molecule has 0 radical (unpaired) electrons. The highest BCUT2D eigenvalue weighted by molar-refractivity contribution is 5.95. The van der Waals surface area contributed by atoms with Crippen LogP contribution in [-0.4, -0.2) is 24.2 Å². The summed E-state index contributed by atoms with van der Waals surface area (Å²) in [4.78, 5) is 21.8. The van der Waals surface area contributed by atoms with Crippen molar-refractivity contribution < 1.29 is 19.4 Å². The standard InChI is InChI=1S/C12H12O4/c1-8-3-4-9(5-6-11(13)16-2)10(7-8)12(14)15/h3-7H,1-2H3,(H,14,15). The van der Waals surface area contributed by atoms with Gasteiger partial charge in [0.1, 0.15) is 0 Å². The van der Waals surface area contributed by atoms with Gasteiger partial charge in [-0.05, 0) is 24.6 Å². The second-order valence-electron chi connectivity index (χ2n) is 3.25. The molecule has 1 aromatic rings. The van der Waals surface area contributed by atoms with Crippen molar-refractivity contribution in [3.05, 3.63) is 41.0 Å². The number of aromatic carboxylic acids is 1. The Hall–Kier alpha value is -2.10. The molecule has 4 heteroatoms. The molecule has 0 bridgehead atoms. The molecule has 0 saturated heterocycles. The molecule has 1 N–H and O–H groups in total. The van der Waals surface area contributed by atoms with E-state index < -0.39 is 11.9 Å². The van der Waals surface area contributed by atoms with E-state index in [9.17, 15) is 9.59 Å². The van der Waals surface area contributed by atoms with Gasteiger partial charge in [0.15, 0.2) is 0 Å². The highest BCUT2D eigenvalue weighted by Gasteiger charge is 2.08. The van der Waals surface area contributed by atoms with Crippen molar-refractivity contribution in [3.8, 4) is 0 Å². The summed E-state index contributed by atoms with van der Waals surface area (Å²) in [6.07, 6.45) is 2.62. The smallest absolute Gasteiger partial charge is 0.336 e. The predicted octanol–water partition coefficient (Wildman–Crippen LogP) is 1.88. The SMILES string of the molecule is COC(=O)C=Cc1ccc(C)cc1C(=O)O. The van der Waals surface area contributed by atoms with Crippen LogP contribution in [0.2, 0.25) is 0 Å². The maximum Gasteiger partial charge on any atom is 0.336 e. The number of hydrogen-bond donors (Lipinski definition) is 1. The van der Waals surface area contributed by atoms with Gasteiger partial charge in [0.25, 0.3) is 0 Å². The van der Waals surface area contributed by atoms with Gasteiger partial charge < -0.3 is 9.84 Å². The Morgan fingerprint density at radius 3 is 2.62 bits per heavy atom. The number of carboxylic acid groups (broad SMARTS) is 1. The van der Waals surface area contributed by atoms with Gasteiger partial charge in [-0.2, -0.15) is 0 Å². The summed E-state index contributed by atoms with van der Waals surface area (Å²) in [6.45, 7) is 1.81. The van der Waals surface area contributed by atoms with Crippen molar-refractivity contribution in [3.63, 3.8) is 0 Å². The van der Waals surface area contributed by atoms with Gasteiger partial charge in [-0.25, -0.2) is 9.59 Å². The van der Waals surface area contributed by atoms with E-state index in [1.165, 1.54) is 19.3 Å². The topological polar surface area (TPSA) is 63.6 Å². The summed E-state index contributed by atoms with van der Waals surface area (Å²) in [5.41, 5.74) is 1.50. The summed E-state index contributed by atoms with van der Waals surface area (Å²) < 4.78 is 4.42. The fourth-order valence-electron chi connectivity index (χ4n) is 1.23.